The number of hydrogen-bond acceptors (Lipinski definition) is 1. The smallest absolute Gasteiger partial charge is 1.00 e. The van der Waals surface area contributed by atoms with E-state index in [-0.39, 0.29) is 52.8 Å². The van der Waals surface area contributed by atoms with Crippen molar-refractivity contribution in [3.05, 3.63) is 47.5 Å². The van der Waals surface area contributed by atoms with E-state index in [4.69, 9.17) is 0 Å². The molecular formula is C12H11KO. The van der Waals surface area contributed by atoms with E-state index in [1.165, 1.54) is 10.9 Å². The van der Waals surface area contributed by atoms with Crippen molar-refractivity contribution < 1.29 is 57.6 Å². The van der Waals surface area contributed by atoms with Gasteiger partial charge >= 0.3 is 51.4 Å². The maximum absolute atomic E-state index is 10.5. The first-order chi connectivity index (χ1) is 6.29. The molecule has 0 amide bonds. The first-order valence-corrected chi connectivity index (χ1v) is 4.25. The Morgan fingerprint density at radius 2 is 1.71 bits per heavy atom. The minimum atomic E-state index is 0. The summed E-state index contributed by atoms with van der Waals surface area (Å²) in [7, 11) is 0. The van der Waals surface area contributed by atoms with E-state index in [1.807, 2.05) is 24.3 Å². The molecule has 0 aliphatic rings. The first kappa shape index (κ1) is 12.1. The van der Waals surface area contributed by atoms with Crippen LogP contribution in [-0.4, -0.2) is 6.29 Å². The van der Waals surface area contributed by atoms with Crippen molar-refractivity contribution in [3.8, 4) is 0 Å². The van der Waals surface area contributed by atoms with Crippen LogP contribution in [0.1, 0.15) is 17.3 Å². The van der Waals surface area contributed by atoms with Crippen molar-refractivity contribution >= 4 is 17.1 Å². The Morgan fingerprint density at radius 1 is 1.07 bits per heavy atom. The standard InChI is InChI=1S/C12H10O.K.H/c1-9-2-4-12-7-10(8-13)3-5-11(12)6-9;;/h2-8H,1H3;;/q;+1;-1. The third-order valence-electron chi connectivity index (χ3n) is 2.16. The predicted molar refractivity (Wildman–Crippen MR) is 55.2 cm³/mol. The first-order valence-electron chi connectivity index (χ1n) is 4.25. The number of hydrogen-bond donors (Lipinski definition) is 0. The van der Waals surface area contributed by atoms with Crippen LogP contribution in [0.25, 0.3) is 10.8 Å². The summed E-state index contributed by atoms with van der Waals surface area (Å²) in [5.41, 5.74) is 1.97. The van der Waals surface area contributed by atoms with Crippen LogP contribution in [0.3, 0.4) is 0 Å². The molecule has 66 valence electrons. The fourth-order valence-electron chi connectivity index (χ4n) is 1.46. The zero-order valence-corrected chi connectivity index (χ0v) is 11.6. The molecule has 0 heterocycles. The molecule has 14 heavy (non-hydrogen) atoms. The van der Waals surface area contributed by atoms with E-state index in [0.717, 1.165) is 17.2 Å². The zero-order chi connectivity index (χ0) is 9.26. The van der Waals surface area contributed by atoms with Gasteiger partial charge in [-0.25, -0.2) is 0 Å². The van der Waals surface area contributed by atoms with E-state index in [1.54, 1.807) is 0 Å². The van der Waals surface area contributed by atoms with Crippen molar-refractivity contribution in [3.63, 3.8) is 0 Å². The van der Waals surface area contributed by atoms with Gasteiger partial charge in [0.15, 0.2) is 0 Å². The van der Waals surface area contributed by atoms with Crippen LogP contribution in [0.5, 0.6) is 0 Å². The fourth-order valence-corrected chi connectivity index (χ4v) is 1.46. The Kier molecular flexibility index (Phi) is 4.48. The number of aldehydes is 1. The van der Waals surface area contributed by atoms with E-state index < -0.39 is 0 Å². The van der Waals surface area contributed by atoms with Crippen molar-refractivity contribution in [1.82, 2.24) is 0 Å². The Labute approximate surface area is 127 Å². The van der Waals surface area contributed by atoms with Crippen molar-refractivity contribution in [2.75, 3.05) is 0 Å². The van der Waals surface area contributed by atoms with Crippen LogP contribution in [0.4, 0.5) is 0 Å². The average Bonchev–Trinajstić information content (AvgIpc) is 2.17. The molecule has 2 aromatic rings. The Balaban J connectivity index is 0.000000980. The number of fused-ring (bicyclic) bond motifs is 1. The molecule has 0 aliphatic carbocycles. The zero-order valence-electron chi connectivity index (χ0n) is 9.45. The van der Waals surface area contributed by atoms with Gasteiger partial charge in [0, 0.05) is 5.56 Å². The maximum atomic E-state index is 10.5. The van der Waals surface area contributed by atoms with Gasteiger partial charge in [0.1, 0.15) is 6.29 Å². The molecule has 0 atom stereocenters. The Bertz CT molecular complexity index is 468. The third-order valence-corrected chi connectivity index (χ3v) is 2.16. The summed E-state index contributed by atoms with van der Waals surface area (Å²) in [5.74, 6) is 0. The summed E-state index contributed by atoms with van der Waals surface area (Å²) in [5, 5.41) is 2.31. The van der Waals surface area contributed by atoms with Gasteiger partial charge in [0.25, 0.3) is 0 Å². The molecule has 0 radical (unpaired) electrons. The topological polar surface area (TPSA) is 17.1 Å². The normalized spacial score (nSPS) is 9.50. The Hall–Kier alpha value is 0.00636. The molecular weight excluding hydrogens is 199 g/mol. The van der Waals surface area contributed by atoms with E-state index in [0.29, 0.717) is 0 Å². The third kappa shape index (κ3) is 2.52. The molecule has 1 nitrogen and oxygen atoms in total. The maximum Gasteiger partial charge on any atom is 1.00 e. The number of carbonyl (C=O) groups is 1. The largest absolute Gasteiger partial charge is 1.00 e. The van der Waals surface area contributed by atoms with Crippen molar-refractivity contribution in [1.29, 1.82) is 0 Å². The average molecular weight is 210 g/mol. The number of benzene rings is 2. The predicted octanol–water partition coefficient (Wildman–Crippen LogP) is 0.0772. The van der Waals surface area contributed by atoms with E-state index >= 15 is 0 Å². The minimum absolute atomic E-state index is 0. The van der Waals surface area contributed by atoms with Crippen LogP contribution in [0.15, 0.2) is 36.4 Å². The number of aryl methyl sites for hydroxylation is 1. The summed E-state index contributed by atoms with van der Waals surface area (Å²) >= 11 is 0. The van der Waals surface area contributed by atoms with Gasteiger partial charge in [-0.15, -0.1) is 0 Å². The van der Waals surface area contributed by atoms with Gasteiger partial charge < -0.3 is 1.43 Å². The van der Waals surface area contributed by atoms with Gasteiger partial charge in [-0.2, -0.15) is 0 Å². The van der Waals surface area contributed by atoms with Gasteiger partial charge in [-0.1, -0.05) is 35.9 Å². The van der Waals surface area contributed by atoms with Crippen LogP contribution < -0.4 is 51.4 Å². The van der Waals surface area contributed by atoms with Gasteiger partial charge in [-0.3, -0.25) is 4.79 Å². The quantitative estimate of drug-likeness (QED) is 0.481. The molecule has 0 saturated heterocycles. The summed E-state index contributed by atoms with van der Waals surface area (Å²) in [4.78, 5) is 10.5. The van der Waals surface area contributed by atoms with Crippen LogP contribution in [0, 0.1) is 6.92 Å². The molecule has 0 aliphatic heterocycles. The second kappa shape index (κ2) is 5.19. The van der Waals surface area contributed by atoms with Crippen LogP contribution >= 0.6 is 0 Å². The fraction of sp³-hybridized carbons (Fsp3) is 0.0833. The molecule has 2 aromatic carbocycles. The molecule has 0 aromatic heterocycles. The molecule has 0 bridgehead atoms. The minimum Gasteiger partial charge on any atom is -1.00 e. The monoisotopic (exact) mass is 210 g/mol. The molecule has 0 spiro atoms. The summed E-state index contributed by atoms with van der Waals surface area (Å²) in [6.07, 6.45) is 0.874. The Morgan fingerprint density at radius 3 is 2.43 bits per heavy atom. The van der Waals surface area contributed by atoms with Crippen LogP contribution in [0.2, 0.25) is 0 Å². The number of rotatable bonds is 1. The molecule has 2 heteroatoms. The van der Waals surface area contributed by atoms with Gasteiger partial charge in [0.2, 0.25) is 0 Å². The van der Waals surface area contributed by atoms with Gasteiger partial charge in [0.05, 0.1) is 0 Å². The second-order valence-corrected chi connectivity index (χ2v) is 3.23. The molecule has 0 fully saturated rings. The molecule has 2 rings (SSSR count). The SMILES string of the molecule is Cc1ccc2cc(C=O)ccc2c1.[H-].[K+]. The van der Waals surface area contributed by atoms with E-state index in [2.05, 4.69) is 19.1 Å². The van der Waals surface area contributed by atoms with Crippen molar-refractivity contribution in [2.24, 2.45) is 0 Å². The van der Waals surface area contributed by atoms with Crippen molar-refractivity contribution in [2.45, 2.75) is 6.92 Å². The molecule has 0 N–H and O–H groups in total. The van der Waals surface area contributed by atoms with Gasteiger partial charge in [-0.05, 0) is 23.8 Å². The molecule has 0 saturated carbocycles. The van der Waals surface area contributed by atoms with E-state index in [9.17, 15) is 4.79 Å². The molecule has 0 unspecified atom stereocenters. The summed E-state index contributed by atoms with van der Waals surface area (Å²) < 4.78 is 0. The summed E-state index contributed by atoms with van der Waals surface area (Å²) in [6, 6.07) is 11.9. The van der Waals surface area contributed by atoms with Crippen LogP contribution in [-0.2, 0) is 0 Å². The number of carbonyl (C=O) groups excluding carboxylic acids is 1. The summed E-state index contributed by atoms with van der Waals surface area (Å²) in [6.45, 7) is 2.06. The second-order valence-electron chi connectivity index (χ2n) is 3.23.